The minimum absolute atomic E-state index is 0.00295. The summed E-state index contributed by atoms with van der Waals surface area (Å²) in [6.45, 7) is 9.31. The third-order valence-electron chi connectivity index (χ3n) is 3.19. The van der Waals surface area contributed by atoms with Crippen molar-refractivity contribution in [1.82, 2.24) is 4.90 Å². The van der Waals surface area contributed by atoms with Crippen LogP contribution in [-0.2, 0) is 6.54 Å². The molecule has 1 heterocycles. The van der Waals surface area contributed by atoms with E-state index in [1.807, 2.05) is 7.05 Å². The Morgan fingerprint density at radius 3 is 2.47 bits per heavy atom. The van der Waals surface area contributed by atoms with Crippen molar-refractivity contribution in [1.29, 1.82) is 0 Å². The smallest absolute Gasteiger partial charge is 0.371 e. The minimum Gasteiger partial charge on any atom is -0.475 e. The molecule has 0 spiro atoms. The van der Waals surface area contributed by atoms with Crippen LogP contribution in [-0.4, -0.2) is 29.1 Å². The van der Waals surface area contributed by atoms with Gasteiger partial charge >= 0.3 is 5.97 Å². The van der Waals surface area contributed by atoms with Gasteiger partial charge in [-0.2, -0.15) is 0 Å². The lowest BCUT2D eigenvalue weighted by molar-refractivity contribution is 0.0655. The Morgan fingerprint density at radius 2 is 2.06 bits per heavy atom. The summed E-state index contributed by atoms with van der Waals surface area (Å²) in [5.74, 6) is -0.347. The first-order valence-electron chi connectivity index (χ1n) is 5.74. The Balaban J connectivity index is 2.68. The lowest BCUT2D eigenvalue weighted by Gasteiger charge is -2.34. The van der Waals surface area contributed by atoms with Crippen LogP contribution >= 0.6 is 0 Å². The predicted molar refractivity (Wildman–Crippen MR) is 66.1 cm³/mol. The molecule has 4 heteroatoms. The summed E-state index contributed by atoms with van der Waals surface area (Å²) in [6.07, 6.45) is 0. The number of rotatable bonds is 4. The molecule has 0 aliphatic carbocycles. The first kappa shape index (κ1) is 13.8. The zero-order chi connectivity index (χ0) is 13.2. The van der Waals surface area contributed by atoms with Gasteiger partial charge in [-0.15, -0.1) is 0 Å². The van der Waals surface area contributed by atoms with Crippen LogP contribution in [0.4, 0.5) is 0 Å². The van der Waals surface area contributed by atoms with Gasteiger partial charge in [-0.3, -0.25) is 4.90 Å². The van der Waals surface area contributed by atoms with E-state index in [4.69, 9.17) is 9.52 Å². The second-order valence-electron chi connectivity index (χ2n) is 5.53. The number of hydrogen-bond donors (Lipinski definition) is 1. The Morgan fingerprint density at radius 1 is 1.47 bits per heavy atom. The van der Waals surface area contributed by atoms with E-state index in [9.17, 15) is 4.79 Å². The molecule has 1 atom stereocenters. The lowest BCUT2D eigenvalue weighted by Crippen LogP contribution is -2.38. The van der Waals surface area contributed by atoms with E-state index in [0.717, 1.165) is 0 Å². The fraction of sp³-hybridized carbons (Fsp3) is 0.615. The van der Waals surface area contributed by atoms with Crippen molar-refractivity contribution in [3.8, 4) is 0 Å². The van der Waals surface area contributed by atoms with Crippen molar-refractivity contribution in [3.63, 3.8) is 0 Å². The van der Waals surface area contributed by atoms with E-state index in [1.165, 1.54) is 6.07 Å². The summed E-state index contributed by atoms with van der Waals surface area (Å²) in [5.41, 5.74) is 0.178. The number of carboxylic acid groups (broad SMARTS) is 1. The van der Waals surface area contributed by atoms with Crippen LogP contribution in [0.1, 0.15) is 44.0 Å². The molecular weight excluding hydrogens is 218 g/mol. The highest BCUT2D eigenvalue weighted by atomic mass is 16.4. The summed E-state index contributed by atoms with van der Waals surface area (Å²) in [7, 11) is 2.01. The lowest BCUT2D eigenvalue weighted by atomic mass is 9.87. The van der Waals surface area contributed by atoms with Gasteiger partial charge in [0.05, 0.1) is 6.54 Å². The normalized spacial score (nSPS) is 14.0. The highest BCUT2D eigenvalue weighted by Crippen LogP contribution is 2.24. The largest absolute Gasteiger partial charge is 0.475 e. The molecule has 0 saturated carbocycles. The Hall–Kier alpha value is -1.29. The van der Waals surface area contributed by atoms with E-state index >= 15 is 0 Å². The average Bonchev–Trinajstić information content (AvgIpc) is 2.63. The number of carboxylic acids is 1. The van der Waals surface area contributed by atoms with Crippen LogP contribution in [0.5, 0.6) is 0 Å². The van der Waals surface area contributed by atoms with Crippen molar-refractivity contribution in [2.75, 3.05) is 7.05 Å². The van der Waals surface area contributed by atoms with Gasteiger partial charge in [0.2, 0.25) is 5.76 Å². The number of furan rings is 1. The number of aromatic carboxylic acids is 1. The molecule has 0 amide bonds. The zero-order valence-corrected chi connectivity index (χ0v) is 11.2. The molecular formula is C13H21NO3. The van der Waals surface area contributed by atoms with Gasteiger partial charge < -0.3 is 9.52 Å². The first-order chi connectivity index (χ1) is 7.71. The van der Waals surface area contributed by atoms with E-state index in [1.54, 1.807) is 6.07 Å². The van der Waals surface area contributed by atoms with Gasteiger partial charge in [0, 0.05) is 6.04 Å². The van der Waals surface area contributed by atoms with Crippen molar-refractivity contribution in [3.05, 3.63) is 23.7 Å². The molecule has 0 saturated heterocycles. The first-order valence-corrected chi connectivity index (χ1v) is 5.74. The zero-order valence-electron chi connectivity index (χ0n) is 11.2. The summed E-state index contributed by atoms with van der Waals surface area (Å²) < 4.78 is 5.24. The molecule has 1 aromatic heterocycles. The highest BCUT2D eigenvalue weighted by Gasteiger charge is 2.24. The molecule has 0 radical (unpaired) electrons. The van der Waals surface area contributed by atoms with Crippen molar-refractivity contribution in [2.24, 2.45) is 5.41 Å². The van der Waals surface area contributed by atoms with Gasteiger partial charge in [-0.25, -0.2) is 4.79 Å². The van der Waals surface area contributed by atoms with E-state index < -0.39 is 5.97 Å². The quantitative estimate of drug-likeness (QED) is 0.877. The van der Waals surface area contributed by atoms with Crippen molar-refractivity contribution in [2.45, 2.75) is 40.3 Å². The van der Waals surface area contributed by atoms with E-state index in [-0.39, 0.29) is 11.2 Å². The fourth-order valence-corrected chi connectivity index (χ4v) is 1.62. The third kappa shape index (κ3) is 3.60. The van der Waals surface area contributed by atoms with Crippen LogP contribution < -0.4 is 0 Å². The summed E-state index contributed by atoms with van der Waals surface area (Å²) >= 11 is 0. The maximum atomic E-state index is 10.7. The Kier molecular flexibility index (Phi) is 3.98. The fourth-order valence-electron chi connectivity index (χ4n) is 1.62. The highest BCUT2D eigenvalue weighted by molar-refractivity contribution is 5.84. The molecule has 0 aliphatic heterocycles. The molecule has 0 aromatic carbocycles. The van der Waals surface area contributed by atoms with Gasteiger partial charge in [0.25, 0.3) is 0 Å². The second-order valence-corrected chi connectivity index (χ2v) is 5.53. The monoisotopic (exact) mass is 239 g/mol. The van der Waals surface area contributed by atoms with Gasteiger partial charge in [-0.1, -0.05) is 20.8 Å². The molecule has 4 nitrogen and oxygen atoms in total. The topological polar surface area (TPSA) is 53.7 Å². The van der Waals surface area contributed by atoms with Crippen LogP contribution in [0.25, 0.3) is 0 Å². The third-order valence-corrected chi connectivity index (χ3v) is 3.19. The van der Waals surface area contributed by atoms with Crippen LogP contribution in [0.2, 0.25) is 0 Å². The SMILES string of the molecule is CC(N(C)Cc1ccc(C(=O)O)o1)C(C)(C)C. The summed E-state index contributed by atoms with van der Waals surface area (Å²) in [5, 5.41) is 8.76. The standard InChI is InChI=1S/C13H21NO3/c1-9(13(2,3)4)14(5)8-10-6-7-11(17-10)12(15)16/h6-7,9H,8H2,1-5H3,(H,15,16). The maximum absolute atomic E-state index is 10.7. The van der Waals surface area contributed by atoms with Crippen molar-refractivity contribution < 1.29 is 14.3 Å². The molecule has 1 unspecified atom stereocenters. The second kappa shape index (κ2) is 4.92. The van der Waals surface area contributed by atoms with Crippen LogP contribution in [0, 0.1) is 5.41 Å². The molecule has 0 bridgehead atoms. The number of hydrogen-bond acceptors (Lipinski definition) is 3. The molecule has 1 aromatic rings. The minimum atomic E-state index is -1.03. The molecule has 17 heavy (non-hydrogen) atoms. The predicted octanol–water partition coefficient (Wildman–Crippen LogP) is 2.84. The summed E-state index contributed by atoms with van der Waals surface area (Å²) in [6, 6.07) is 3.59. The van der Waals surface area contributed by atoms with Crippen LogP contribution in [0.15, 0.2) is 16.5 Å². The van der Waals surface area contributed by atoms with Gasteiger partial charge in [-0.05, 0) is 31.5 Å². The Bertz CT molecular complexity index is 390. The summed E-state index contributed by atoms with van der Waals surface area (Å²) in [4.78, 5) is 12.8. The molecule has 96 valence electrons. The molecule has 0 aliphatic rings. The maximum Gasteiger partial charge on any atom is 0.371 e. The van der Waals surface area contributed by atoms with Crippen molar-refractivity contribution >= 4 is 5.97 Å². The molecule has 1 rings (SSSR count). The van der Waals surface area contributed by atoms with Crippen LogP contribution in [0.3, 0.4) is 0 Å². The van der Waals surface area contributed by atoms with E-state index in [0.29, 0.717) is 18.3 Å². The average molecular weight is 239 g/mol. The Labute approximate surface area is 102 Å². The van der Waals surface area contributed by atoms with Gasteiger partial charge in [0.1, 0.15) is 5.76 Å². The van der Waals surface area contributed by atoms with Gasteiger partial charge in [0.15, 0.2) is 0 Å². The number of carbonyl (C=O) groups is 1. The molecule has 1 N–H and O–H groups in total. The van der Waals surface area contributed by atoms with E-state index in [2.05, 4.69) is 32.6 Å². The number of nitrogens with zero attached hydrogens (tertiary/aromatic N) is 1. The molecule has 0 fully saturated rings.